The SMILES string of the molecule is COC(=O)c1ccc([C@H]2CC(=O)Nc3c2c(C)nn3-c2ccc(OC)nn2)cc1. The van der Waals surface area contributed by atoms with Gasteiger partial charge < -0.3 is 14.8 Å². The van der Waals surface area contributed by atoms with Crippen molar-refractivity contribution in [1.29, 1.82) is 0 Å². The molecular formula is C20H19N5O4. The molecule has 0 spiro atoms. The van der Waals surface area contributed by atoms with Gasteiger partial charge in [0.1, 0.15) is 5.82 Å². The number of carbonyl (C=O) groups excluding carboxylic acids is 2. The number of nitrogens with one attached hydrogen (secondary N) is 1. The molecule has 1 N–H and O–H groups in total. The van der Waals surface area contributed by atoms with Crippen LogP contribution in [0.4, 0.5) is 5.82 Å². The van der Waals surface area contributed by atoms with Crippen molar-refractivity contribution in [1.82, 2.24) is 20.0 Å². The highest BCUT2D eigenvalue weighted by Crippen LogP contribution is 2.40. The summed E-state index contributed by atoms with van der Waals surface area (Å²) >= 11 is 0. The van der Waals surface area contributed by atoms with Gasteiger partial charge in [0, 0.05) is 24.0 Å². The van der Waals surface area contributed by atoms with Gasteiger partial charge in [0.05, 0.1) is 25.5 Å². The fraction of sp³-hybridized carbons (Fsp3) is 0.250. The maximum absolute atomic E-state index is 12.4. The van der Waals surface area contributed by atoms with E-state index in [2.05, 4.69) is 20.6 Å². The van der Waals surface area contributed by atoms with Crippen LogP contribution in [0.15, 0.2) is 36.4 Å². The maximum atomic E-state index is 12.4. The minimum absolute atomic E-state index is 0.123. The van der Waals surface area contributed by atoms with Crippen LogP contribution < -0.4 is 10.1 Å². The summed E-state index contributed by atoms with van der Waals surface area (Å²) in [6.45, 7) is 1.89. The predicted molar refractivity (Wildman–Crippen MR) is 103 cm³/mol. The Morgan fingerprint density at radius 2 is 1.90 bits per heavy atom. The van der Waals surface area contributed by atoms with E-state index in [1.165, 1.54) is 14.2 Å². The normalized spacial score (nSPS) is 15.4. The van der Waals surface area contributed by atoms with Crippen molar-refractivity contribution in [3.63, 3.8) is 0 Å². The Bertz CT molecular complexity index is 1070. The second-order valence-electron chi connectivity index (χ2n) is 6.61. The molecule has 9 heteroatoms. The van der Waals surface area contributed by atoms with Crippen molar-refractivity contribution in [2.24, 2.45) is 0 Å². The number of carbonyl (C=O) groups is 2. The van der Waals surface area contributed by atoms with Crippen LogP contribution in [0.25, 0.3) is 5.82 Å². The van der Waals surface area contributed by atoms with E-state index < -0.39 is 5.97 Å². The van der Waals surface area contributed by atoms with Crippen molar-refractivity contribution in [2.75, 3.05) is 19.5 Å². The summed E-state index contributed by atoms with van der Waals surface area (Å²) in [4.78, 5) is 24.1. The largest absolute Gasteiger partial charge is 0.480 e. The Kier molecular flexibility index (Phi) is 4.71. The molecule has 29 heavy (non-hydrogen) atoms. The first kappa shape index (κ1) is 18.6. The molecule has 4 rings (SSSR count). The number of methoxy groups -OCH3 is 2. The number of benzene rings is 1. The number of rotatable bonds is 4. The third kappa shape index (κ3) is 3.31. The molecule has 0 radical (unpaired) electrons. The molecule has 2 aromatic heterocycles. The van der Waals surface area contributed by atoms with Gasteiger partial charge in [-0.15, -0.1) is 10.2 Å². The fourth-order valence-corrected chi connectivity index (χ4v) is 3.50. The van der Waals surface area contributed by atoms with Crippen LogP contribution in [0, 0.1) is 6.92 Å². The van der Waals surface area contributed by atoms with Crippen LogP contribution in [0.1, 0.15) is 39.5 Å². The molecule has 1 aromatic carbocycles. The van der Waals surface area contributed by atoms with Crippen LogP contribution in [0.5, 0.6) is 5.88 Å². The smallest absolute Gasteiger partial charge is 0.337 e. The Balaban J connectivity index is 1.76. The average molecular weight is 393 g/mol. The Hall–Kier alpha value is -3.75. The number of ether oxygens (including phenoxy) is 2. The third-order valence-electron chi connectivity index (χ3n) is 4.89. The Morgan fingerprint density at radius 3 is 2.52 bits per heavy atom. The molecule has 1 amide bonds. The van der Waals surface area contributed by atoms with Crippen LogP contribution in [-0.2, 0) is 9.53 Å². The number of nitrogens with zero attached hydrogens (tertiary/aromatic N) is 4. The molecule has 3 heterocycles. The van der Waals surface area contributed by atoms with E-state index >= 15 is 0 Å². The van der Waals surface area contributed by atoms with Gasteiger partial charge in [0.2, 0.25) is 11.8 Å². The first-order chi connectivity index (χ1) is 14.0. The summed E-state index contributed by atoms with van der Waals surface area (Å²) in [5.41, 5.74) is 3.06. The molecule has 0 aliphatic carbocycles. The molecule has 148 valence electrons. The number of aryl methyl sites for hydroxylation is 1. The number of anilines is 1. The predicted octanol–water partition coefficient (Wildman–Crippen LogP) is 2.24. The first-order valence-corrected chi connectivity index (χ1v) is 8.97. The summed E-state index contributed by atoms with van der Waals surface area (Å²) in [5, 5.41) is 15.6. The third-order valence-corrected chi connectivity index (χ3v) is 4.89. The Morgan fingerprint density at radius 1 is 1.14 bits per heavy atom. The van der Waals surface area contributed by atoms with Crippen LogP contribution >= 0.6 is 0 Å². The van der Waals surface area contributed by atoms with Crippen molar-refractivity contribution in [3.05, 3.63) is 58.8 Å². The highest BCUT2D eigenvalue weighted by Gasteiger charge is 2.33. The molecule has 0 saturated heterocycles. The van der Waals surface area contributed by atoms with E-state index in [-0.39, 0.29) is 18.2 Å². The zero-order valence-corrected chi connectivity index (χ0v) is 16.2. The molecule has 0 unspecified atom stereocenters. The molecule has 1 aliphatic rings. The summed E-state index contributed by atoms with van der Waals surface area (Å²) in [6.07, 6.45) is 0.283. The number of fused-ring (bicyclic) bond motifs is 1. The molecule has 3 aromatic rings. The zero-order valence-electron chi connectivity index (χ0n) is 16.2. The van der Waals surface area contributed by atoms with E-state index in [0.29, 0.717) is 23.1 Å². The molecule has 9 nitrogen and oxygen atoms in total. The lowest BCUT2D eigenvalue weighted by atomic mass is 9.85. The average Bonchev–Trinajstić information content (AvgIpc) is 3.09. The lowest BCUT2D eigenvalue weighted by Crippen LogP contribution is -2.25. The highest BCUT2D eigenvalue weighted by molar-refractivity contribution is 5.95. The fourth-order valence-electron chi connectivity index (χ4n) is 3.50. The van der Waals surface area contributed by atoms with E-state index in [9.17, 15) is 9.59 Å². The molecule has 0 saturated carbocycles. The van der Waals surface area contributed by atoms with Gasteiger partial charge in [-0.1, -0.05) is 12.1 Å². The maximum Gasteiger partial charge on any atom is 0.337 e. The molecule has 0 bridgehead atoms. The van der Waals surface area contributed by atoms with Crippen LogP contribution in [0.3, 0.4) is 0 Å². The van der Waals surface area contributed by atoms with Gasteiger partial charge in [-0.2, -0.15) is 9.78 Å². The first-order valence-electron chi connectivity index (χ1n) is 8.97. The number of hydrogen-bond donors (Lipinski definition) is 1. The summed E-state index contributed by atoms with van der Waals surface area (Å²) in [5.74, 6) is 0.713. The minimum Gasteiger partial charge on any atom is -0.480 e. The van der Waals surface area contributed by atoms with Gasteiger partial charge in [-0.25, -0.2) is 4.79 Å². The minimum atomic E-state index is -0.402. The van der Waals surface area contributed by atoms with E-state index in [0.717, 1.165) is 16.8 Å². The quantitative estimate of drug-likeness (QED) is 0.677. The number of amides is 1. The van der Waals surface area contributed by atoms with Crippen LogP contribution in [0.2, 0.25) is 0 Å². The van der Waals surface area contributed by atoms with E-state index in [1.54, 1.807) is 28.9 Å². The zero-order chi connectivity index (χ0) is 20.5. The molecule has 0 fully saturated rings. The monoisotopic (exact) mass is 393 g/mol. The second kappa shape index (κ2) is 7.34. The van der Waals surface area contributed by atoms with Gasteiger partial charge in [0.15, 0.2) is 5.82 Å². The number of esters is 1. The second-order valence-corrected chi connectivity index (χ2v) is 6.61. The molecule has 1 atom stereocenters. The van der Waals surface area contributed by atoms with Gasteiger partial charge in [-0.3, -0.25) is 4.79 Å². The van der Waals surface area contributed by atoms with Crippen molar-refractivity contribution in [3.8, 4) is 11.7 Å². The number of aromatic nitrogens is 4. The summed E-state index contributed by atoms with van der Waals surface area (Å²) in [6, 6.07) is 10.5. The lowest BCUT2D eigenvalue weighted by Gasteiger charge is -2.24. The van der Waals surface area contributed by atoms with Gasteiger partial charge >= 0.3 is 5.97 Å². The standard InChI is InChI=1S/C20H19N5O4/c1-11-18-14(12-4-6-13(7-5-12)20(27)29-3)10-16(26)21-19(18)25(24-11)15-8-9-17(28-2)23-22-15/h4-9,14H,10H2,1-3H3,(H,21,26)/t14-/m1/s1. The lowest BCUT2D eigenvalue weighted by molar-refractivity contribution is -0.116. The van der Waals surface area contributed by atoms with Gasteiger partial charge in [-0.05, 0) is 30.7 Å². The summed E-state index contributed by atoms with van der Waals surface area (Å²) < 4.78 is 11.4. The molecular weight excluding hydrogens is 374 g/mol. The topological polar surface area (TPSA) is 108 Å². The molecule has 1 aliphatic heterocycles. The van der Waals surface area contributed by atoms with E-state index in [4.69, 9.17) is 9.47 Å². The number of hydrogen-bond acceptors (Lipinski definition) is 7. The van der Waals surface area contributed by atoms with E-state index in [1.807, 2.05) is 19.1 Å². The van der Waals surface area contributed by atoms with Crippen molar-refractivity contribution < 1.29 is 19.1 Å². The van der Waals surface area contributed by atoms with Gasteiger partial charge in [0.25, 0.3) is 0 Å². The van der Waals surface area contributed by atoms with Crippen LogP contribution in [-0.4, -0.2) is 46.1 Å². The summed E-state index contributed by atoms with van der Waals surface area (Å²) in [7, 11) is 2.85. The van der Waals surface area contributed by atoms with Crippen molar-refractivity contribution in [2.45, 2.75) is 19.3 Å². The highest BCUT2D eigenvalue weighted by atomic mass is 16.5. The van der Waals surface area contributed by atoms with Crippen molar-refractivity contribution >= 4 is 17.7 Å². The Labute approximate surface area is 166 Å².